The highest BCUT2D eigenvalue weighted by molar-refractivity contribution is 7.12. The van der Waals surface area contributed by atoms with Gasteiger partial charge in [0.2, 0.25) is 0 Å². The Bertz CT molecular complexity index is 414. The standard InChI is InChI=1S/C15H22N2OS/c18-15(14-7-3-9-19-14)17-8-2-6-13(11-17)16-10-12-4-1-5-12/h3,7,9,12-13,16H,1-2,4-6,8,10-11H2. The van der Waals surface area contributed by atoms with E-state index in [1.807, 2.05) is 22.4 Å². The maximum Gasteiger partial charge on any atom is 0.263 e. The summed E-state index contributed by atoms with van der Waals surface area (Å²) in [5, 5.41) is 5.64. The number of hydrogen-bond acceptors (Lipinski definition) is 3. The molecule has 1 saturated heterocycles. The van der Waals surface area contributed by atoms with E-state index in [2.05, 4.69) is 5.32 Å². The lowest BCUT2D eigenvalue weighted by molar-refractivity contribution is 0.0696. The van der Waals surface area contributed by atoms with Crippen LogP contribution < -0.4 is 5.32 Å². The van der Waals surface area contributed by atoms with Gasteiger partial charge < -0.3 is 10.2 Å². The van der Waals surface area contributed by atoms with Crippen LogP contribution in [-0.2, 0) is 0 Å². The zero-order valence-corrected chi connectivity index (χ0v) is 12.1. The highest BCUT2D eigenvalue weighted by Crippen LogP contribution is 2.25. The fourth-order valence-corrected chi connectivity index (χ4v) is 3.61. The summed E-state index contributed by atoms with van der Waals surface area (Å²) in [5.74, 6) is 1.11. The first-order valence-electron chi connectivity index (χ1n) is 7.39. The SMILES string of the molecule is O=C(c1cccs1)N1CCCC(NCC2CCC2)C1. The first-order valence-corrected chi connectivity index (χ1v) is 8.27. The number of amides is 1. The minimum atomic E-state index is 0.213. The van der Waals surface area contributed by atoms with Crippen molar-refractivity contribution in [2.45, 2.75) is 38.1 Å². The van der Waals surface area contributed by atoms with E-state index >= 15 is 0 Å². The lowest BCUT2D eigenvalue weighted by Gasteiger charge is -2.35. The molecule has 1 aliphatic carbocycles. The Morgan fingerprint density at radius 2 is 2.26 bits per heavy atom. The first-order chi connectivity index (χ1) is 9.33. The molecule has 2 heterocycles. The lowest BCUT2D eigenvalue weighted by atomic mass is 9.85. The topological polar surface area (TPSA) is 32.3 Å². The number of nitrogens with zero attached hydrogens (tertiary/aromatic N) is 1. The second kappa shape index (κ2) is 6.06. The maximum absolute atomic E-state index is 12.3. The van der Waals surface area contributed by atoms with Gasteiger partial charge in [0.15, 0.2) is 0 Å². The van der Waals surface area contributed by atoms with E-state index in [-0.39, 0.29) is 5.91 Å². The predicted octanol–water partition coefficient (Wildman–Crippen LogP) is 2.74. The molecule has 1 unspecified atom stereocenters. The number of nitrogens with one attached hydrogen (secondary N) is 1. The minimum absolute atomic E-state index is 0.213. The molecule has 1 saturated carbocycles. The monoisotopic (exact) mass is 278 g/mol. The van der Waals surface area contributed by atoms with E-state index in [9.17, 15) is 4.79 Å². The summed E-state index contributed by atoms with van der Waals surface area (Å²) in [6, 6.07) is 4.38. The molecule has 0 spiro atoms. The number of carbonyl (C=O) groups excluding carboxylic acids is 1. The molecule has 19 heavy (non-hydrogen) atoms. The lowest BCUT2D eigenvalue weighted by Crippen LogP contribution is -2.49. The highest BCUT2D eigenvalue weighted by Gasteiger charge is 2.26. The van der Waals surface area contributed by atoms with Gasteiger partial charge in [-0.2, -0.15) is 0 Å². The Labute approximate surface area is 119 Å². The zero-order valence-electron chi connectivity index (χ0n) is 11.3. The summed E-state index contributed by atoms with van der Waals surface area (Å²) in [4.78, 5) is 15.2. The van der Waals surface area contributed by atoms with Crippen molar-refractivity contribution in [2.24, 2.45) is 5.92 Å². The normalized spacial score (nSPS) is 24.2. The molecule has 0 radical (unpaired) electrons. The van der Waals surface area contributed by atoms with Gasteiger partial charge in [0.1, 0.15) is 0 Å². The summed E-state index contributed by atoms with van der Waals surface area (Å²) in [6.07, 6.45) is 6.51. The molecule has 4 heteroatoms. The van der Waals surface area contributed by atoms with Gasteiger partial charge in [-0.25, -0.2) is 0 Å². The van der Waals surface area contributed by atoms with E-state index in [1.165, 1.54) is 25.7 Å². The second-order valence-corrected chi connectivity index (χ2v) is 6.72. The van der Waals surface area contributed by atoms with Gasteiger partial charge in [0, 0.05) is 19.1 Å². The average Bonchev–Trinajstić information content (AvgIpc) is 2.90. The minimum Gasteiger partial charge on any atom is -0.336 e. The Balaban J connectivity index is 1.51. The van der Waals surface area contributed by atoms with Gasteiger partial charge in [0.25, 0.3) is 5.91 Å². The van der Waals surface area contributed by atoms with Crippen LogP contribution in [0.15, 0.2) is 17.5 Å². The molecule has 1 aromatic rings. The van der Waals surface area contributed by atoms with Crippen LogP contribution in [0.1, 0.15) is 41.8 Å². The summed E-state index contributed by atoms with van der Waals surface area (Å²) in [5.41, 5.74) is 0. The largest absolute Gasteiger partial charge is 0.336 e. The Morgan fingerprint density at radius 1 is 1.37 bits per heavy atom. The average molecular weight is 278 g/mol. The number of thiophene rings is 1. The van der Waals surface area contributed by atoms with Gasteiger partial charge in [-0.15, -0.1) is 11.3 Å². The smallest absolute Gasteiger partial charge is 0.263 e. The molecule has 1 atom stereocenters. The molecule has 1 aliphatic heterocycles. The van der Waals surface area contributed by atoms with Crippen molar-refractivity contribution in [2.75, 3.05) is 19.6 Å². The van der Waals surface area contributed by atoms with E-state index < -0.39 is 0 Å². The number of likely N-dealkylation sites (tertiary alicyclic amines) is 1. The molecular formula is C15H22N2OS. The Morgan fingerprint density at radius 3 is 2.95 bits per heavy atom. The molecule has 2 fully saturated rings. The van der Waals surface area contributed by atoms with E-state index in [1.54, 1.807) is 11.3 Å². The summed E-state index contributed by atoms with van der Waals surface area (Å²) in [7, 11) is 0. The van der Waals surface area contributed by atoms with Gasteiger partial charge in [-0.05, 0) is 49.6 Å². The molecule has 1 amide bonds. The third-order valence-electron chi connectivity index (χ3n) is 4.36. The van der Waals surface area contributed by atoms with Crippen LogP contribution in [0, 0.1) is 5.92 Å². The van der Waals surface area contributed by atoms with Gasteiger partial charge in [-0.3, -0.25) is 4.79 Å². The zero-order chi connectivity index (χ0) is 13.1. The summed E-state index contributed by atoms with van der Waals surface area (Å²) < 4.78 is 0. The van der Waals surface area contributed by atoms with Gasteiger partial charge >= 0.3 is 0 Å². The molecule has 104 valence electrons. The highest BCUT2D eigenvalue weighted by atomic mass is 32.1. The number of hydrogen-bond donors (Lipinski definition) is 1. The van der Waals surface area contributed by atoms with Crippen LogP contribution in [0.2, 0.25) is 0 Å². The molecular weight excluding hydrogens is 256 g/mol. The molecule has 3 nitrogen and oxygen atoms in total. The van der Waals surface area contributed by atoms with Crippen LogP contribution in [0.4, 0.5) is 0 Å². The van der Waals surface area contributed by atoms with Crippen molar-refractivity contribution in [3.8, 4) is 0 Å². The third-order valence-corrected chi connectivity index (χ3v) is 5.22. The van der Waals surface area contributed by atoms with Crippen molar-refractivity contribution in [3.63, 3.8) is 0 Å². The van der Waals surface area contributed by atoms with Crippen molar-refractivity contribution < 1.29 is 4.79 Å². The fraction of sp³-hybridized carbons (Fsp3) is 0.667. The molecule has 3 rings (SSSR count). The van der Waals surface area contributed by atoms with Crippen molar-refractivity contribution in [3.05, 3.63) is 22.4 Å². The van der Waals surface area contributed by atoms with Crippen LogP contribution in [0.5, 0.6) is 0 Å². The van der Waals surface area contributed by atoms with Crippen molar-refractivity contribution in [1.29, 1.82) is 0 Å². The van der Waals surface area contributed by atoms with Crippen LogP contribution in [0.25, 0.3) is 0 Å². The van der Waals surface area contributed by atoms with Gasteiger partial charge in [0.05, 0.1) is 4.88 Å². The van der Waals surface area contributed by atoms with Crippen molar-refractivity contribution in [1.82, 2.24) is 10.2 Å². The molecule has 1 N–H and O–H groups in total. The van der Waals surface area contributed by atoms with Crippen LogP contribution >= 0.6 is 11.3 Å². The Hall–Kier alpha value is -0.870. The third kappa shape index (κ3) is 3.18. The van der Waals surface area contributed by atoms with E-state index in [0.717, 1.165) is 36.9 Å². The van der Waals surface area contributed by atoms with Crippen LogP contribution in [-0.4, -0.2) is 36.5 Å². The molecule has 1 aromatic heterocycles. The maximum atomic E-state index is 12.3. The van der Waals surface area contributed by atoms with Gasteiger partial charge in [-0.1, -0.05) is 12.5 Å². The fourth-order valence-electron chi connectivity index (χ4n) is 2.91. The van der Waals surface area contributed by atoms with E-state index in [0.29, 0.717) is 6.04 Å². The molecule has 0 aromatic carbocycles. The summed E-state index contributed by atoms with van der Waals surface area (Å²) >= 11 is 1.55. The predicted molar refractivity (Wildman–Crippen MR) is 78.6 cm³/mol. The Kier molecular flexibility index (Phi) is 4.18. The number of carbonyl (C=O) groups is 1. The second-order valence-electron chi connectivity index (χ2n) is 5.77. The van der Waals surface area contributed by atoms with E-state index in [4.69, 9.17) is 0 Å². The number of rotatable bonds is 4. The summed E-state index contributed by atoms with van der Waals surface area (Å²) in [6.45, 7) is 2.94. The quantitative estimate of drug-likeness (QED) is 0.918. The van der Waals surface area contributed by atoms with Crippen LogP contribution in [0.3, 0.4) is 0 Å². The van der Waals surface area contributed by atoms with Crippen molar-refractivity contribution >= 4 is 17.2 Å². The number of piperidine rings is 1. The first kappa shape index (κ1) is 13.1. The molecule has 2 aliphatic rings. The molecule has 0 bridgehead atoms.